The molecule has 0 aliphatic carbocycles. The lowest BCUT2D eigenvalue weighted by Crippen LogP contribution is -2.11. The molecule has 5 nitrogen and oxygen atoms in total. The smallest absolute Gasteiger partial charge is 0.319 e. The van der Waals surface area contributed by atoms with E-state index in [1.54, 1.807) is 18.2 Å². The monoisotopic (exact) mass is 363 g/mol. The maximum atomic E-state index is 12.5. The molecule has 0 aliphatic rings. The van der Waals surface area contributed by atoms with E-state index in [2.05, 4.69) is 0 Å². The number of rotatable bonds is 6. The summed E-state index contributed by atoms with van der Waals surface area (Å²) in [4.78, 5) is 24.3. The number of hydrogen-bond acceptors (Lipinski definition) is 6. The minimum absolute atomic E-state index is 0.0737. The minimum Gasteiger partial charge on any atom is -0.746 e. The molecule has 0 saturated carbocycles. The van der Waals surface area contributed by atoms with Gasteiger partial charge in [0.1, 0.15) is 5.75 Å². The number of unbranched alkanes of at least 4 members (excludes halogenated alkanes) is 1. The van der Waals surface area contributed by atoms with Crippen molar-refractivity contribution in [1.29, 1.82) is 0 Å². The maximum absolute atomic E-state index is 12.5. The molecule has 7 heteroatoms. The summed E-state index contributed by atoms with van der Waals surface area (Å²) in [5.74, 6) is 0.142. The zero-order valence-corrected chi connectivity index (χ0v) is 14.8. The minimum atomic E-state index is -4.41. The summed E-state index contributed by atoms with van der Waals surface area (Å²) in [5, 5.41) is 1.19. The quantitative estimate of drug-likeness (QED) is 0.375. The second kappa shape index (κ2) is 7.03. The van der Waals surface area contributed by atoms with Crippen molar-refractivity contribution in [3.05, 3.63) is 52.7 Å². The Kier molecular flexibility index (Phi) is 5.01. The first-order chi connectivity index (χ1) is 11.5. The second-order valence-electron chi connectivity index (χ2n) is 5.31. The van der Waals surface area contributed by atoms with Gasteiger partial charge in [0.05, 0.1) is 6.61 Å². The molecule has 0 saturated heterocycles. The van der Waals surface area contributed by atoms with Crippen LogP contribution in [0.15, 0.2) is 47.3 Å². The van der Waals surface area contributed by atoms with E-state index in [0.717, 1.165) is 11.1 Å². The summed E-state index contributed by atoms with van der Waals surface area (Å²) in [7, 11) is -4.41. The third kappa shape index (κ3) is 3.68. The molecule has 3 rings (SSSR count). The Balaban J connectivity index is 1.95. The van der Waals surface area contributed by atoms with Gasteiger partial charge in [0.2, 0.25) is 0 Å². The molecule has 24 heavy (non-hydrogen) atoms. The van der Waals surface area contributed by atoms with Gasteiger partial charge in [0, 0.05) is 20.2 Å². The lowest BCUT2D eigenvalue weighted by Gasteiger charge is -2.23. The number of phosphoric acid groups is 1. The van der Waals surface area contributed by atoms with E-state index in [-0.39, 0.29) is 17.8 Å². The van der Waals surface area contributed by atoms with Gasteiger partial charge in [-0.05, 0) is 36.8 Å². The van der Waals surface area contributed by atoms with Crippen LogP contribution in [0.1, 0.15) is 19.8 Å². The SMILES string of the molecule is CCCCOP(=O)([O-])Oc1ccc2c(=O)c3ccccc3sc2c1. The fourth-order valence-corrected chi connectivity index (χ4v) is 4.19. The van der Waals surface area contributed by atoms with Crippen molar-refractivity contribution in [3.63, 3.8) is 0 Å². The van der Waals surface area contributed by atoms with E-state index >= 15 is 0 Å². The van der Waals surface area contributed by atoms with E-state index < -0.39 is 7.82 Å². The molecule has 1 atom stereocenters. The molecule has 0 fully saturated rings. The Morgan fingerprint density at radius 2 is 1.88 bits per heavy atom. The average molecular weight is 363 g/mol. The van der Waals surface area contributed by atoms with Crippen LogP contribution in [0.4, 0.5) is 0 Å². The van der Waals surface area contributed by atoms with Gasteiger partial charge in [-0.3, -0.25) is 9.36 Å². The lowest BCUT2D eigenvalue weighted by atomic mass is 10.2. The predicted octanol–water partition coefficient (Wildman–Crippen LogP) is 4.08. The van der Waals surface area contributed by atoms with Gasteiger partial charge in [-0.1, -0.05) is 25.5 Å². The standard InChI is InChI=1S/C17H17O5PS/c1-2-3-10-21-23(19,20)22-12-8-9-14-16(11-12)24-15-7-5-4-6-13(15)17(14)18/h4-9,11H,2-3,10H2,1H3,(H,19,20)/p-1. The van der Waals surface area contributed by atoms with E-state index in [1.807, 2.05) is 25.1 Å². The van der Waals surface area contributed by atoms with Crippen LogP contribution in [-0.4, -0.2) is 6.61 Å². The van der Waals surface area contributed by atoms with E-state index in [0.29, 0.717) is 21.9 Å². The normalized spacial score (nSPS) is 13.9. The molecule has 1 aromatic heterocycles. The number of hydrogen-bond donors (Lipinski definition) is 0. The van der Waals surface area contributed by atoms with Crippen molar-refractivity contribution in [2.75, 3.05) is 6.61 Å². The zero-order chi connectivity index (χ0) is 17.2. The first-order valence-corrected chi connectivity index (χ1v) is 9.89. The Morgan fingerprint density at radius 1 is 1.12 bits per heavy atom. The fraction of sp³-hybridized carbons (Fsp3) is 0.235. The molecular formula is C17H16O5PS-. The van der Waals surface area contributed by atoms with Crippen LogP contribution in [0.5, 0.6) is 5.75 Å². The topological polar surface area (TPSA) is 75.7 Å². The van der Waals surface area contributed by atoms with Gasteiger partial charge in [0.15, 0.2) is 5.43 Å². The highest BCUT2D eigenvalue weighted by Crippen LogP contribution is 2.40. The Labute approximate surface area is 143 Å². The van der Waals surface area contributed by atoms with Crippen molar-refractivity contribution in [2.45, 2.75) is 19.8 Å². The third-order valence-corrected chi connectivity index (χ3v) is 5.58. The van der Waals surface area contributed by atoms with Crippen molar-refractivity contribution in [1.82, 2.24) is 0 Å². The largest absolute Gasteiger partial charge is 0.746 e. The predicted molar refractivity (Wildman–Crippen MR) is 94.7 cm³/mol. The number of fused-ring (bicyclic) bond motifs is 2. The summed E-state index contributed by atoms with van der Waals surface area (Å²) in [6.07, 6.45) is 1.47. The zero-order valence-electron chi connectivity index (χ0n) is 13.1. The van der Waals surface area contributed by atoms with E-state index in [1.165, 1.54) is 17.4 Å². The first kappa shape index (κ1) is 17.1. The Hall–Kier alpha value is -1.72. The molecule has 0 aliphatic heterocycles. The molecule has 0 spiro atoms. The summed E-state index contributed by atoms with van der Waals surface area (Å²) in [6.45, 7) is 2.04. The molecular weight excluding hydrogens is 347 g/mol. The van der Waals surface area contributed by atoms with Gasteiger partial charge < -0.3 is 13.9 Å². The van der Waals surface area contributed by atoms with Gasteiger partial charge in [-0.25, -0.2) is 0 Å². The van der Waals surface area contributed by atoms with Crippen molar-refractivity contribution >= 4 is 39.3 Å². The van der Waals surface area contributed by atoms with Gasteiger partial charge >= 0.3 is 7.82 Å². The molecule has 126 valence electrons. The van der Waals surface area contributed by atoms with Crippen LogP contribution < -0.4 is 14.8 Å². The van der Waals surface area contributed by atoms with E-state index in [9.17, 15) is 14.3 Å². The summed E-state index contributed by atoms with van der Waals surface area (Å²) >= 11 is 1.41. The summed E-state index contributed by atoms with van der Waals surface area (Å²) in [6, 6.07) is 11.9. The molecule has 0 amide bonds. The van der Waals surface area contributed by atoms with Crippen molar-refractivity contribution in [3.8, 4) is 5.75 Å². The number of benzene rings is 2. The molecule has 0 bridgehead atoms. The van der Waals surface area contributed by atoms with Gasteiger partial charge in [0.25, 0.3) is 0 Å². The molecule has 0 radical (unpaired) electrons. The highest BCUT2D eigenvalue weighted by molar-refractivity contribution is 7.46. The van der Waals surface area contributed by atoms with Crippen LogP contribution in [0.25, 0.3) is 20.2 Å². The highest BCUT2D eigenvalue weighted by Gasteiger charge is 2.13. The van der Waals surface area contributed by atoms with Crippen molar-refractivity contribution in [2.24, 2.45) is 0 Å². The van der Waals surface area contributed by atoms with Crippen LogP contribution >= 0.6 is 19.2 Å². The maximum Gasteiger partial charge on any atom is 0.319 e. The average Bonchev–Trinajstić information content (AvgIpc) is 2.54. The molecule has 0 N–H and O–H groups in total. The third-order valence-electron chi connectivity index (χ3n) is 3.51. The number of phosphoric ester groups is 1. The summed E-state index contributed by atoms with van der Waals surface area (Å²) in [5.41, 5.74) is -0.0737. The molecule has 3 aromatic rings. The van der Waals surface area contributed by atoms with E-state index in [4.69, 9.17) is 9.05 Å². The Morgan fingerprint density at radius 3 is 2.67 bits per heavy atom. The fourth-order valence-electron chi connectivity index (χ4n) is 2.31. The highest BCUT2D eigenvalue weighted by atomic mass is 32.1. The van der Waals surface area contributed by atoms with Crippen LogP contribution in [0.2, 0.25) is 0 Å². The Bertz CT molecular complexity index is 982. The molecule has 1 heterocycles. The van der Waals surface area contributed by atoms with Crippen LogP contribution in [0.3, 0.4) is 0 Å². The second-order valence-corrected chi connectivity index (χ2v) is 7.73. The van der Waals surface area contributed by atoms with Gasteiger partial charge in [-0.2, -0.15) is 0 Å². The van der Waals surface area contributed by atoms with Gasteiger partial charge in [-0.15, -0.1) is 11.3 Å². The van der Waals surface area contributed by atoms with Crippen LogP contribution in [-0.2, 0) is 9.09 Å². The first-order valence-electron chi connectivity index (χ1n) is 7.61. The molecule has 2 aromatic carbocycles. The molecule has 1 unspecified atom stereocenters. The van der Waals surface area contributed by atoms with Crippen molar-refractivity contribution < 1.29 is 18.5 Å². The summed E-state index contributed by atoms with van der Waals surface area (Å²) < 4.78 is 23.1. The van der Waals surface area contributed by atoms with Crippen LogP contribution in [0, 0.1) is 0 Å². The lowest BCUT2D eigenvalue weighted by molar-refractivity contribution is -0.217.